The molecule has 0 amide bonds. The molecular weight excluding hydrogens is 1390 g/mol. The third kappa shape index (κ3) is 34.2. The summed E-state index contributed by atoms with van der Waals surface area (Å²) >= 11 is 0. The summed E-state index contributed by atoms with van der Waals surface area (Å²) in [5.41, 5.74) is 10.0. The van der Waals surface area contributed by atoms with Gasteiger partial charge in [-0.25, -0.2) is 0 Å². The van der Waals surface area contributed by atoms with Crippen LogP contribution in [-0.2, 0) is 50.6 Å². The normalized spacial score (nSPS) is 16.8. The number of hydrogen-bond donors (Lipinski definition) is 0. The zero-order valence-corrected chi connectivity index (χ0v) is 79.1. The Bertz CT molecular complexity index is 2430. The second kappa shape index (κ2) is 47.4. The van der Waals surface area contributed by atoms with Gasteiger partial charge in [-0.3, -0.25) is 0 Å². The predicted molar refractivity (Wildman–Crippen MR) is 478 cm³/mol. The van der Waals surface area contributed by atoms with Crippen LogP contribution >= 0.6 is 0 Å². The Morgan fingerprint density at radius 2 is 0.667 bits per heavy atom. The van der Waals surface area contributed by atoms with E-state index in [9.17, 15) is 0 Å². The van der Waals surface area contributed by atoms with Crippen molar-refractivity contribution >= 4 is 227 Å². The fraction of sp³-hybridized carbons (Fsp3) is 0.800. The zero-order chi connectivity index (χ0) is 69.8. The van der Waals surface area contributed by atoms with Gasteiger partial charge >= 0.3 is 34.1 Å². The molecule has 0 N–H and O–H groups in total. The first-order valence-corrected chi connectivity index (χ1v) is 65.5. The van der Waals surface area contributed by atoms with E-state index < -0.39 is 131 Å². The average Bonchev–Trinajstić information content (AvgIpc) is 0.767. The molecule has 2 unspecified atom stereocenters. The summed E-state index contributed by atoms with van der Waals surface area (Å²) in [7, 11) is 53.5. The van der Waals surface area contributed by atoms with Crippen molar-refractivity contribution in [1.82, 2.24) is 0 Å². The number of rotatable bonds is 28. The first-order chi connectivity index (χ1) is 41.0. The molecule has 0 saturated heterocycles. The van der Waals surface area contributed by atoms with E-state index >= 15 is 0 Å². The molecule has 0 bridgehead atoms. The van der Waals surface area contributed by atoms with Gasteiger partial charge in [0, 0.05) is 139 Å². The topological polar surface area (TPSA) is 36.9 Å². The first-order valence-electron chi connectivity index (χ1n) is 34.5. The Morgan fingerprint density at radius 3 is 0.927 bits per heavy atom. The molecule has 0 aromatic rings. The molecule has 36 heteroatoms. The minimum atomic E-state index is -2.70. The third-order valence-corrected chi connectivity index (χ3v) is 58.5. The fourth-order valence-electron chi connectivity index (χ4n) is 15.8. The maximum absolute atomic E-state index is 7.17. The molecule has 4 saturated carbocycles. The van der Waals surface area contributed by atoms with Gasteiger partial charge in [0.2, 0.25) is 0 Å². The van der Waals surface area contributed by atoms with E-state index in [0.29, 0.717) is 17.0 Å². The van der Waals surface area contributed by atoms with Crippen LogP contribution in [0, 0.1) is 76.3 Å². The van der Waals surface area contributed by atoms with Gasteiger partial charge in [-0.05, 0) is 171 Å². The standard InChI is InChI=1S/C20H38B10O2Si4.C16H38B10O2Si4.C12H18Si.C8H18Si.4CH3.2Fe/c1-10-11-14-17-33(2,3)31-34(4,5)18-26-29(24)20(28(22)23,30(25)27-21)36(8,9)32-35(6,7)19-15-12-13-16-19;1-29(2,3)27-30(4,5)14-22-25(20)16(24(18)19,26(21)23-17)32(8,9)28-31(6,7)15-12-10-11-13-15;1-4-5-8-11-13(2,3)12-9-6-7-10-12;1-9(2,3)8-6-4-5-7-8;;;;;;/h19H,12-13,15-16,18H2,1-9H3;15H,10-14H2,1-9H3;12H,6-7,9-10H2,1-3H3;8H,4-7H2,1-3H3;4*1H3;;/q;;;;4*-1;2*+2. The Labute approximate surface area is 652 Å². The van der Waals surface area contributed by atoms with E-state index in [1.165, 1.54) is 117 Å². The molecule has 4 rings (SSSR count). The maximum Gasteiger partial charge on any atom is 2.00 e. The Balaban J connectivity index is -0.000000306. The van der Waals surface area contributed by atoms with Crippen LogP contribution in [0.25, 0.3) is 0 Å². The summed E-state index contributed by atoms with van der Waals surface area (Å²) in [4.78, 5) is 0. The molecule has 24 radical (unpaired) electrons. The van der Waals surface area contributed by atoms with Crippen LogP contribution in [0.4, 0.5) is 0 Å². The van der Waals surface area contributed by atoms with Crippen LogP contribution < -0.4 is 0 Å². The van der Waals surface area contributed by atoms with E-state index in [0.717, 1.165) is 17.0 Å². The molecule has 96 heavy (non-hydrogen) atoms. The maximum atomic E-state index is 7.17. The third-order valence-electron chi connectivity index (χ3n) is 20.4. The van der Waals surface area contributed by atoms with Crippen LogP contribution in [-0.4, -0.2) is 227 Å². The summed E-state index contributed by atoms with van der Waals surface area (Å²) < 4.78 is 25.8. The molecule has 4 nitrogen and oxygen atoms in total. The molecule has 504 valence electrons. The molecule has 4 fully saturated rings. The fourth-order valence-corrected chi connectivity index (χ4v) is 57.6. The Morgan fingerprint density at radius 1 is 0.385 bits per heavy atom. The van der Waals surface area contributed by atoms with Gasteiger partial charge in [-0.1, -0.05) is 165 Å². The van der Waals surface area contributed by atoms with Crippen LogP contribution in [0.2, 0.25) is 188 Å². The number of hydrogen-bond acceptors (Lipinski definition) is 4. The van der Waals surface area contributed by atoms with E-state index in [4.69, 9.17) is 93.8 Å². The smallest absolute Gasteiger partial charge is 0.457 e. The molecule has 2 atom stereocenters. The Kier molecular flexibility index (Phi) is 54.1. The monoisotopic (exact) mass is 1520 g/mol. The van der Waals surface area contributed by atoms with Gasteiger partial charge < -0.3 is 46.2 Å². The molecule has 4 aliphatic rings. The van der Waals surface area contributed by atoms with Crippen LogP contribution in [0.1, 0.15) is 117 Å². The van der Waals surface area contributed by atoms with Crippen molar-refractivity contribution < 1.29 is 50.6 Å². The van der Waals surface area contributed by atoms with Crippen LogP contribution in [0.5, 0.6) is 0 Å². The van der Waals surface area contributed by atoms with Gasteiger partial charge in [-0.15, -0.1) is 15.0 Å². The summed E-state index contributed by atoms with van der Waals surface area (Å²) in [6, 6.07) is 0. The summed E-state index contributed by atoms with van der Waals surface area (Å²) in [6.07, 6.45) is 21.8. The molecular formula is C60H124B20Fe2O4Si10. The van der Waals surface area contributed by atoms with Gasteiger partial charge in [0.25, 0.3) is 8.32 Å². The summed E-state index contributed by atoms with van der Waals surface area (Å²) in [5, 5.41) is 0. The SMILES string of the molecule is CC#CC#C[Si](C)(C)C1CCCC1.C[Si](C)(C)C1CCCC1.[B][B]B([B])C(B([B])[B])(B([B])[B]C[Si](C)(C)O[Si](C)(C)C#CC#CC)[Si](C)(C)O[Si](C)(C)C1CCCC1.[B][B]B([B])C(B([B])[B])(B([B])[B]C[Si](C)(C)O[Si](C)(C)C)[Si](C)(C)O[Si](C)(C)C1CCCC1.[CH3-].[CH3-].[CH3-].[CH3-].[Fe+2].[Fe+2]. The van der Waals surface area contributed by atoms with Gasteiger partial charge in [0.15, 0.2) is 58.2 Å². The van der Waals surface area contributed by atoms with Gasteiger partial charge in [-0.2, -0.15) is 0 Å². The van der Waals surface area contributed by atoms with Crippen molar-refractivity contribution in [2.75, 3.05) is 0 Å². The average molecular weight is 1520 g/mol. The van der Waals surface area contributed by atoms with Crippen LogP contribution in [0.15, 0.2) is 0 Å². The molecule has 0 spiro atoms. The molecule has 0 aliphatic heterocycles. The second-order valence-corrected chi connectivity index (χ2v) is 77.8. The van der Waals surface area contributed by atoms with E-state index in [2.05, 4.69) is 205 Å². The largest absolute Gasteiger partial charge is 2.00 e. The van der Waals surface area contributed by atoms with E-state index in [-0.39, 0.29) is 63.8 Å². The van der Waals surface area contributed by atoms with Gasteiger partial charge in [0.05, 0.1) is 14.3 Å². The first kappa shape index (κ1) is 110. The van der Waals surface area contributed by atoms with Crippen molar-refractivity contribution in [2.24, 2.45) is 0 Å². The zero-order valence-electron chi connectivity index (χ0n) is 66.9. The predicted octanol–water partition coefficient (Wildman–Crippen LogP) is 12.9. The van der Waals surface area contributed by atoms with E-state index in [1.54, 1.807) is 6.92 Å². The second-order valence-electron chi connectivity index (χ2n) is 33.3. The minimum Gasteiger partial charge on any atom is -0.457 e. The van der Waals surface area contributed by atoms with Crippen molar-refractivity contribution in [1.29, 1.82) is 0 Å². The minimum absolute atomic E-state index is 0. The quantitative estimate of drug-likeness (QED) is 0.0444. The molecule has 0 heterocycles. The van der Waals surface area contributed by atoms with Crippen molar-refractivity contribution in [3.8, 4) is 46.6 Å². The Hall–Kier alpha value is 2.59. The molecule has 4 aliphatic carbocycles. The van der Waals surface area contributed by atoms with E-state index in [1.807, 2.05) is 6.92 Å². The van der Waals surface area contributed by atoms with Gasteiger partial charge in [0.1, 0.15) is 8.07 Å². The summed E-state index contributed by atoms with van der Waals surface area (Å²) in [5.74, 6) is 18.8. The molecule has 0 aromatic carbocycles. The van der Waals surface area contributed by atoms with Crippen molar-refractivity contribution in [3.05, 3.63) is 29.7 Å². The van der Waals surface area contributed by atoms with Crippen molar-refractivity contribution in [2.45, 2.75) is 304 Å². The van der Waals surface area contributed by atoms with Crippen LogP contribution in [0.3, 0.4) is 0 Å². The van der Waals surface area contributed by atoms with Crippen molar-refractivity contribution in [3.63, 3.8) is 0 Å². The molecule has 0 aromatic heterocycles. The summed E-state index contributed by atoms with van der Waals surface area (Å²) in [6.45, 7) is 50.0.